The summed E-state index contributed by atoms with van der Waals surface area (Å²) in [7, 11) is -3.34. The van der Waals surface area contributed by atoms with Gasteiger partial charge in [-0.1, -0.05) is 0 Å². The van der Waals surface area contributed by atoms with Crippen molar-refractivity contribution >= 4 is 15.8 Å². The van der Waals surface area contributed by atoms with Crippen molar-refractivity contribution in [2.24, 2.45) is 5.41 Å². The molecule has 1 rings (SSSR count). The fourth-order valence-electron chi connectivity index (χ4n) is 1.39. The molecule has 6 heteroatoms. The smallest absolute Gasteiger partial charge is 0.327 e. The Hall–Kier alpha value is -1.09. The lowest BCUT2D eigenvalue weighted by Crippen LogP contribution is -2.24. The van der Waals surface area contributed by atoms with Crippen LogP contribution < -0.4 is 0 Å². The quantitative estimate of drug-likeness (QED) is 0.615. The first-order chi connectivity index (χ1) is 6.38. The fraction of sp³-hybridized carbons (Fsp3) is 0.750. The summed E-state index contributed by atoms with van der Waals surface area (Å²) in [5.41, 5.74) is -1.44. The highest BCUT2D eigenvalue weighted by Gasteiger charge is 2.67. The highest BCUT2D eigenvalue weighted by molar-refractivity contribution is 7.91. The number of sulfone groups is 1. The van der Waals surface area contributed by atoms with Crippen LogP contribution >= 0.6 is 0 Å². The second kappa shape index (κ2) is 3.24. The zero-order valence-corrected chi connectivity index (χ0v) is 8.80. The average molecular weight is 217 g/mol. The molecular weight excluding hydrogens is 206 g/mol. The van der Waals surface area contributed by atoms with Crippen molar-refractivity contribution in [1.82, 2.24) is 0 Å². The predicted molar refractivity (Wildman–Crippen MR) is 47.9 cm³/mol. The Kier molecular flexibility index (Phi) is 2.54. The van der Waals surface area contributed by atoms with Crippen LogP contribution in [0.2, 0.25) is 0 Å². The van der Waals surface area contributed by atoms with E-state index in [1.54, 1.807) is 13.0 Å². The van der Waals surface area contributed by atoms with Crippen LogP contribution in [-0.4, -0.2) is 32.5 Å². The largest absolute Gasteiger partial charge is 0.465 e. The number of hydrogen-bond acceptors (Lipinski definition) is 5. The zero-order chi connectivity index (χ0) is 11.0. The van der Waals surface area contributed by atoms with E-state index in [2.05, 4.69) is 4.74 Å². The van der Waals surface area contributed by atoms with Gasteiger partial charge in [-0.25, -0.2) is 8.42 Å². The van der Waals surface area contributed by atoms with Gasteiger partial charge in [0, 0.05) is 6.26 Å². The minimum absolute atomic E-state index is 0.0567. The molecule has 14 heavy (non-hydrogen) atoms. The number of rotatable bonds is 3. The van der Waals surface area contributed by atoms with Gasteiger partial charge in [0.2, 0.25) is 0 Å². The van der Waals surface area contributed by atoms with Gasteiger partial charge < -0.3 is 4.74 Å². The van der Waals surface area contributed by atoms with Crippen molar-refractivity contribution in [2.45, 2.75) is 18.6 Å². The molecule has 0 aromatic heterocycles. The van der Waals surface area contributed by atoms with E-state index >= 15 is 0 Å². The molecule has 0 saturated heterocycles. The lowest BCUT2D eigenvalue weighted by atomic mass is 10.1. The molecule has 5 nitrogen and oxygen atoms in total. The van der Waals surface area contributed by atoms with Crippen LogP contribution in [0.5, 0.6) is 0 Å². The standard InChI is InChI=1S/C8H11NO4S/c1-3-13-7(10)8(5-9)4-6(8)14(2,11)12/h6H,3-4H2,1-2H3/t6-,8-/m0/s1. The van der Waals surface area contributed by atoms with Crippen molar-refractivity contribution in [3.8, 4) is 6.07 Å². The Balaban J connectivity index is 2.88. The number of ether oxygens (including phenoxy) is 1. The van der Waals surface area contributed by atoms with Crippen molar-refractivity contribution in [3.63, 3.8) is 0 Å². The second-order valence-corrected chi connectivity index (χ2v) is 5.55. The van der Waals surface area contributed by atoms with E-state index in [9.17, 15) is 13.2 Å². The molecule has 1 aliphatic carbocycles. The average Bonchev–Trinajstić information content (AvgIpc) is 2.79. The maximum Gasteiger partial charge on any atom is 0.327 e. The minimum atomic E-state index is -3.34. The van der Waals surface area contributed by atoms with Crippen LogP contribution in [0.15, 0.2) is 0 Å². The molecule has 2 atom stereocenters. The first kappa shape index (κ1) is 11.0. The van der Waals surface area contributed by atoms with Gasteiger partial charge >= 0.3 is 5.97 Å². The maximum absolute atomic E-state index is 11.3. The molecule has 78 valence electrons. The van der Waals surface area contributed by atoms with Gasteiger partial charge in [-0.2, -0.15) is 5.26 Å². The van der Waals surface area contributed by atoms with Crippen LogP contribution in [0.3, 0.4) is 0 Å². The third-order valence-electron chi connectivity index (χ3n) is 2.25. The van der Waals surface area contributed by atoms with Crippen molar-refractivity contribution in [2.75, 3.05) is 12.9 Å². The van der Waals surface area contributed by atoms with Gasteiger partial charge in [0.15, 0.2) is 15.3 Å². The molecule has 0 N–H and O–H groups in total. The Morgan fingerprint density at radius 3 is 2.57 bits per heavy atom. The van der Waals surface area contributed by atoms with Crippen LogP contribution in [0.4, 0.5) is 0 Å². The first-order valence-electron chi connectivity index (χ1n) is 4.16. The third kappa shape index (κ3) is 1.60. The lowest BCUT2D eigenvalue weighted by molar-refractivity contribution is -0.147. The molecule has 0 bridgehead atoms. The van der Waals surface area contributed by atoms with Gasteiger partial charge in [-0.15, -0.1) is 0 Å². The molecule has 0 radical (unpaired) electrons. The van der Waals surface area contributed by atoms with Crippen LogP contribution in [-0.2, 0) is 19.4 Å². The van der Waals surface area contributed by atoms with Crippen molar-refractivity contribution in [3.05, 3.63) is 0 Å². The normalized spacial score (nSPS) is 30.5. The number of carbonyl (C=O) groups is 1. The Labute approximate surface area is 82.6 Å². The molecule has 0 aromatic rings. The molecule has 0 aliphatic heterocycles. The van der Waals surface area contributed by atoms with Crippen molar-refractivity contribution < 1.29 is 17.9 Å². The Morgan fingerprint density at radius 2 is 2.29 bits per heavy atom. The van der Waals surface area contributed by atoms with Gasteiger partial charge in [0.05, 0.1) is 17.9 Å². The molecule has 0 unspecified atom stereocenters. The lowest BCUT2D eigenvalue weighted by Gasteiger charge is -2.06. The second-order valence-electron chi connectivity index (χ2n) is 3.33. The van der Waals surface area contributed by atoms with E-state index in [4.69, 9.17) is 5.26 Å². The molecule has 1 aliphatic rings. The van der Waals surface area contributed by atoms with Gasteiger partial charge in [0.1, 0.15) is 0 Å². The van der Waals surface area contributed by atoms with Crippen molar-refractivity contribution in [1.29, 1.82) is 5.26 Å². The maximum atomic E-state index is 11.3. The summed E-state index contributed by atoms with van der Waals surface area (Å²) in [5.74, 6) is -0.724. The summed E-state index contributed by atoms with van der Waals surface area (Å²) in [6.45, 7) is 1.76. The highest BCUT2D eigenvalue weighted by atomic mass is 32.2. The predicted octanol–water partition coefficient (Wildman–Crippen LogP) is -0.124. The molecule has 0 aromatic carbocycles. The summed E-state index contributed by atoms with van der Waals surface area (Å²) in [6.07, 6.45) is 1.08. The fourth-order valence-corrected chi connectivity index (χ4v) is 2.83. The summed E-state index contributed by atoms with van der Waals surface area (Å²) in [5, 5.41) is 7.88. The molecule has 0 heterocycles. The van der Waals surface area contributed by atoms with Gasteiger partial charge in [-0.05, 0) is 13.3 Å². The summed E-state index contributed by atoms with van der Waals surface area (Å²) in [4.78, 5) is 11.3. The van der Waals surface area contributed by atoms with E-state index in [0.29, 0.717) is 0 Å². The number of nitriles is 1. The molecule has 1 fully saturated rings. The van der Waals surface area contributed by atoms with Crippen LogP contribution in [0.1, 0.15) is 13.3 Å². The number of hydrogen-bond donors (Lipinski definition) is 0. The number of nitrogens with zero attached hydrogens (tertiary/aromatic N) is 1. The highest BCUT2D eigenvalue weighted by Crippen LogP contribution is 2.50. The number of carbonyl (C=O) groups excluding carboxylic acids is 1. The zero-order valence-electron chi connectivity index (χ0n) is 7.98. The summed E-state index contributed by atoms with van der Waals surface area (Å²) < 4.78 is 26.9. The minimum Gasteiger partial charge on any atom is -0.465 e. The third-order valence-corrected chi connectivity index (χ3v) is 3.86. The SMILES string of the molecule is CCOC(=O)[C@]1(C#N)C[C@@H]1S(C)(=O)=O. The van der Waals surface area contributed by atoms with Gasteiger partial charge in [-0.3, -0.25) is 4.79 Å². The van der Waals surface area contributed by atoms with Crippen LogP contribution in [0.25, 0.3) is 0 Å². The monoisotopic (exact) mass is 217 g/mol. The Morgan fingerprint density at radius 1 is 1.71 bits per heavy atom. The molecule has 0 spiro atoms. The number of esters is 1. The van der Waals surface area contributed by atoms with E-state index in [1.807, 2.05) is 0 Å². The molecular formula is C8H11NO4S. The van der Waals surface area contributed by atoms with E-state index < -0.39 is 26.5 Å². The first-order valence-corrected chi connectivity index (χ1v) is 6.11. The topological polar surface area (TPSA) is 84.2 Å². The molecule has 1 saturated carbocycles. The van der Waals surface area contributed by atoms with Crippen LogP contribution in [0, 0.1) is 16.7 Å². The summed E-state index contributed by atoms with van der Waals surface area (Å²) in [6, 6.07) is 1.74. The Bertz CT molecular complexity index is 394. The molecule has 0 amide bonds. The van der Waals surface area contributed by atoms with E-state index in [-0.39, 0.29) is 13.0 Å². The van der Waals surface area contributed by atoms with E-state index in [0.717, 1.165) is 6.26 Å². The summed E-state index contributed by atoms with van der Waals surface area (Å²) >= 11 is 0. The van der Waals surface area contributed by atoms with E-state index in [1.165, 1.54) is 0 Å². The van der Waals surface area contributed by atoms with Gasteiger partial charge in [0.25, 0.3) is 0 Å².